The second-order valence-electron chi connectivity index (χ2n) is 9.53. The van der Waals surface area contributed by atoms with E-state index in [0.717, 1.165) is 44.9 Å². The van der Waals surface area contributed by atoms with Gasteiger partial charge in [0.2, 0.25) is 0 Å². The lowest BCUT2D eigenvalue weighted by molar-refractivity contribution is -0.118. The van der Waals surface area contributed by atoms with Crippen LogP contribution in [0.3, 0.4) is 0 Å². The van der Waals surface area contributed by atoms with Gasteiger partial charge in [-0.2, -0.15) is 10.2 Å². The summed E-state index contributed by atoms with van der Waals surface area (Å²) < 4.78 is 34.7. The Morgan fingerprint density at radius 3 is 2.48 bits per heavy atom. The first-order valence-electron chi connectivity index (χ1n) is 11.9. The van der Waals surface area contributed by atoms with Gasteiger partial charge < -0.3 is 19.0 Å². The Labute approximate surface area is 193 Å². The highest BCUT2D eigenvalue weighted by Crippen LogP contribution is 2.35. The molecule has 0 aliphatic heterocycles. The molecule has 2 saturated carbocycles. The van der Waals surface area contributed by atoms with Crippen molar-refractivity contribution in [3.05, 3.63) is 17.4 Å². The molecule has 33 heavy (non-hydrogen) atoms. The van der Waals surface area contributed by atoms with Gasteiger partial charge in [0, 0.05) is 26.1 Å². The quantitative estimate of drug-likeness (QED) is 0.536. The number of hydrogen-bond donors (Lipinski definition) is 0. The van der Waals surface area contributed by atoms with Gasteiger partial charge in [0.1, 0.15) is 29.0 Å². The Morgan fingerprint density at radius 2 is 1.88 bits per heavy atom. The molecule has 1 aromatic heterocycles. The van der Waals surface area contributed by atoms with E-state index in [0.29, 0.717) is 24.6 Å². The molecule has 1 atom stereocenters. The number of rotatable bonds is 9. The van der Waals surface area contributed by atoms with Crippen LogP contribution in [0.4, 0.5) is 4.39 Å². The van der Waals surface area contributed by atoms with Gasteiger partial charge in [0.25, 0.3) is 6.01 Å². The van der Waals surface area contributed by atoms with Gasteiger partial charge in [-0.05, 0) is 57.8 Å². The Hall–Kier alpha value is -2.66. The number of halogens is 1. The Balaban J connectivity index is 1.41. The van der Waals surface area contributed by atoms with Gasteiger partial charge in [-0.15, -0.1) is 0 Å². The van der Waals surface area contributed by atoms with Gasteiger partial charge in [0.05, 0.1) is 17.8 Å². The van der Waals surface area contributed by atoms with E-state index in [1.807, 2.05) is 6.92 Å². The van der Waals surface area contributed by atoms with Crippen molar-refractivity contribution in [1.29, 1.82) is 5.26 Å². The minimum absolute atomic E-state index is 0.00953. The molecule has 2 aliphatic rings. The molecule has 2 aliphatic carbocycles. The number of Topliss-reactive ketones (excluding diaryl/α,β-unsaturated/α-hetero) is 1. The molecule has 0 radical (unpaired) electrons. The van der Waals surface area contributed by atoms with Crippen LogP contribution in [-0.2, 0) is 16.6 Å². The van der Waals surface area contributed by atoms with Crippen LogP contribution < -0.4 is 9.47 Å². The van der Waals surface area contributed by atoms with Crippen LogP contribution in [0.5, 0.6) is 11.8 Å². The first-order chi connectivity index (χ1) is 15.9. The van der Waals surface area contributed by atoms with Crippen molar-refractivity contribution in [2.75, 3.05) is 6.61 Å². The van der Waals surface area contributed by atoms with Crippen molar-refractivity contribution in [1.82, 2.24) is 9.55 Å². The second kappa shape index (κ2) is 10.1. The Bertz CT molecular complexity index is 1050. The second-order valence-corrected chi connectivity index (χ2v) is 9.53. The summed E-state index contributed by atoms with van der Waals surface area (Å²) in [6.45, 7) is 4.22. The van der Waals surface area contributed by atoms with Crippen LogP contribution in [-0.4, -0.2) is 40.3 Å². The molecule has 0 bridgehead atoms. The molecule has 0 N–H and O–H groups in total. The summed E-state index contributed by atoms with van der Waals surface area (Å²) in [4.78, 5) is 15.7. The number of benzene rings is 1. The summed E-state index contributed by atoms with van der Waals surface area (Å²) in [6.07, 6.45) is 6.88. The van der Waals surface area contributed by atoms with Gasteiger partial charge in [-0.3, -0.25) is 4.57 Å². The summed E-state index contributed by atoms with van der Waals surface area (Å²) in [7, 11) is 1.70. The van der Waals surface area contributed by atoms with Crippen LogP contribution in [0.1, 0.15) is 70.8 Å². The third kappa shape index (κ3) is 5.30. The maximum atomic E-state index is 15.3. The summed E-state index contributed by atoms with van der Waals surface area (Å²) in [5, 5.41) is 9.59. The fraction of sp³-hybridized carbons (Fsp3) is 0.640. The zero-order valence-corrected chi connectivity index (χ0v) is 19.6. The van der Waals surface area contributed by atoms with E-state index in [1.165, 1.54) is 6.07 Å². The third-order valence-electron chi connectivity index (χ3n) is 6.62. The molecule has 2 aromatic rings. The number of imidazole rings is 1. The molecule has 1 aromatic carbocycles. The van der Waals surface area contributed by atoms with Crippen molar-refractivity contribution in [3.8, 4) is 17.8 Å². The minimum Gasteiger partial charge on any atom is -0.487 e. The van der Waals surface area contributed by atoms with Gasteiger partial charge >= 0.3 is 0 Å². The van der Waals surface area contributed by atoms with Gasteiger partial charge in [-0.25, -0.2) is 4.39 Å². The Kier molecular flexibility index (Phi) is 7.18. The minimum atomic E-state index is -0.502. The van der Waals surface area contributed by atoms with Crippen molar-refractivity contribution in [3.63, 3.8) is 0 Å². The SMILES string of the molecule is CC(=O)C[C@@H](C)COC1CCC(Oc2nc3c(C#N)cc(OC4CCC4)c(F)c3n2C)CC1. The zero-order valence-electron chi connectivity index (χ0n) is 19.6. The fourth-order valence-corrected chi connectivity index (χ4v) is 4.56. The third-order valence-corrected chi connectivity index (χ3v) is 6.62. The highest BCUT2D eigenvalue weighted by Gasteiger charge is 2.28. The van der Waals surface area contributed by atoms with E-state index < -0.39 is 5.82 Å². The van der Waals surface area contributed by atoms with Crippen LogP contribution in [0.15, 0.2) is 6.07 Å². The topological polar surface area (TPSA) is 86.4 Å². The number of carbonyl (C=O) groups excluding carboxylic acids is 1. The standard InChI is InChI=1S/C25H32FN3O4/c1-15(11-16(2)30)14-31-18-7-9-20(10-8-18)33-25-28-23-17(13-27)12-21(32-19-5-4-6-19)22(26)24(23)29(25)3/h12,15,18-20H,4-11,14H2,1-3H3/t15-,18?,20?/m1/s1. The summed E-state index contributed by atoms with van der Waals surface area (Å²) in [5.41, 5.74) is 0.808. The molecule has 0 unspecified atom stereocenters. The van der Waals surface area contributed by atoms with Crippen LogP contribution in [0.2, 0.25) is 0 Å². The fourth-order valence-electron chi connectivity index (χ4n) is 4.56. The predicted molar refractivity (Wildman–Crippen MR) is 121 cm³/mol. The van der Waals surface area contributed by atoms with Crippen LogP contribution >= 0.6 is 0 Å². The first-order valence-corrected chi connectivity index (χ1v) is 11.9. The number of ketones is 1. The van der Waals surface area contributed by atoms with E-state index in [2.05, 4.69) is 11.1 Å². The van der Waals surface area contributed by atoms with Crippen LogP contribution in [0.25, 0.3) is 11.0 Å². The molecule has 178 valence electrons. The summed E-state index contributed by atoms with van der Waals surface area (Å²) in [6, 6.07) is 3.87. The average Bonchev–Trinajstić information content (AvgIpc) is 3.07. The number of carbonyl (C=O) groups is 1. The molecule has 1 heterocycles. The molecule has 8 heteroatoms. The van der Waals surface area contributed by atoms with Gasteiger partial charge in [0.15, 0.2) is 11.6 Å². The van der Waals surface area contributed by atoms with Crippen molar-refractivity contribution in [2.45, 2.75) is 83.5 Å². The van der Waals surface area contributed by atoms with E-state index in [1.54, 1.807) is 18.5 Å². The normalized spacial score (nSPS) is 21.9. The van der Waals surface area contributed by atoms with E-state index in [9.17, 15) is 10.1 Å². The number of nitrogens with zero attached hydrogens (tertiary/aromatic N) is 3. The lowest BCUT2D eigenvalue weighted by atomic mass is 9.95. The molecule has 7 nitrogen and oxygen atoms in total. The molecular weight excluding hydrogens is 425 g/mol. The molecule has 4 rings (SSSR count). The highest BCUT2D eigenvalue weighted by atomic mass is 19.1. The zero-order chi connectivity index (χ0) is 23.5. The van der Waals surface area contributed by atoms with Crippen molar-refractivity contribution < 1.29 is 23.4 Å². The molecule has 0 spiro atoms. The summed E-state index contributed by atoms with van der Waals surface area (Å²) in [5.74, 6) is 0.00901. The number of aryl methyl sites for hydroxylation is 1. The number of fused-ring (bicyclic) bond motifs is 1. The van der Waals surface area contributed by atoms with Crippen molar-refractivity contribution >= 4 is 16.8 Å². The maximum Gasteiger partial charge on any atom is 0.297 e. The highest BCUT2D eigenvalue weighted by molar-refractivity contribution is 5.85. The molecule has 0 saturated heterocycles. The Morgan fingerprint density at radius 1 is 1.21 bits per heavy atom. The van der Waals surface area contributed by atoms with Crippen LogP contribution in [0, 0.1) is 23.1 Å². The predicted octanol–water partition coefficient (Wildman–Crippen LogP) is 4.84. The average molecular weight is 458 g/mol. The largest absolute Gasteiger partial charge is 0.487 e. The van der Waals surface area contributed by atoms with E-state index in [4.69, 9.17) is 14.2 Å². The van der Waals surface area contributed by atoms with E-state index in [-0.39, 0.29) is 46.8 Å². The van der Waals surface area contributed by atoms with Gasteiger partial charge in [-0.1, -0.05) is 6.92 Å². The lowest BCUT2D eigenvalue weighted by Gasteiger charge is -2.29. The number of hydrogen-bond acceptors (Lipinski definition) is 6. The number of nitriles is 1. The smallest absolute Gasteiger partial charge is 0.297 e. The monoisotopic (exact) mass is 457 g/mol. The summed E-state index contributed by atoms with van der Waals surface area (Å²) >= 11 is 0. The van der Waals surface area contributed by atoms with E-state index >= 15 is 4.39 Å². The molecule has 0 amide bonds. The number of aromatic nitrogens is 2. The maximum absolute atomic E-state index is 15.3. The van der Waals surface area contributed by atoms with Crippen molar-refractivity contribution in [2.24, 2.45) is 13.0 Å². The lowest BCUT2D eigenvalue weighted by Crippen LogP contribution is -2.30. The molecule has 2 fully saturated rings. The first kappa shape index (κ1) is 23.5. The number of ether oxygens (including phenoxy) is 3. The molecular formula is C25H32FN3O4.